The van der Waals surface area contributed by atoms with Gasteiger partial charge in [0.2, 0.25) is 11.8 Å². The first-order chi connectivity index (χ1) is 17.4. The van der Waals surface area contributed by atoms with E-state index in [0.717, 1.165) is 5.56 Å². The van der Waals surface area contributed by atoms with Crippen LogP contribution in [0.4, 0.5) is 10.2 Å². The minimum absolute atomic E-state index is 0.00829. The lowest BCUT2D eigenvalue weighted by atomic mass is 9.96. The van der Waals surface area contributed by atoms with E-state index in [-0.39, 0.29) is 36.5 Å². The number of rotatable bonds is 8. The van der Waals surface area contributed by atoms with Crippen LogP contribution in [0.1, 0.15) is 32.6 Å². The Morgan fingerprint density at radius 1 is 1.03 bits per heavy atom. The number of nitrogens with zero attached hydrogens (tertiary/aromatic N) is 3. The third-order valence-corrected chi connectivity index (χ3v) is 6.13. The van der Waals surface area contributed by atoms with E-state index in [1.165, 1.54) is 16.8 Å². The first kappa shape index (κ1) is 25.1. The fourth-order valence-electron chi connectivity index (χ4n) is 4.23. The van der Waals surface area contributed by atoms with E-state index in [2.05, 4.69) is 10.4 Å². The number of halogens is 1. The Morgan fingerprint density at radius 3 is 2.47 bits per heavy atom. The third-order valence-electron chi connectivity index (χ3n) is 6.13. The molecule has 188 valence electrons. The van der Waals surface area contributed by atoms with Crippen LogP contribution in [0.5, 0.6) is 0 Å². The molecule has 0 aliphatic carbocycles. The Bertz CT molecular complexity index is 1220. The summed E-state index contributed by atoms with van der Waals surface area (Å²) in [5.41, 5.74) is 1.94. The summed E-state index contributed by atoms with van der Waals surface area (Å²) in [6.07, 6.45) is 1.17. The summed E-state index contributed by atoms with van der Waals surface area (Å²) in [7, 11) is 0. The van der Waals surface area contributed by atoms with E-state index >= 15 is 0 Å². The van der Waals surface area contributed by atoms with Gasteiger partial charge in [0.1, 0.15) is 11.6 Å². The first-order valence-corrected chi connectivity index (χ1v) is 12.1. The number of ether oxygens (including phenoxy) is 1. The van der Waals surface area contributed by atoms with Crippen molar-refractivity contribution < 1.29 is 23.5 Å². The van der Waals surface area contributed by atoms with Crippen molar-refractivity contribution in [3.63, 3.8) is 0 Å². The predicted molar refractivity (Wildman–Crippen MR) is 133 cm³/mol. The number of esters is 1. The number of amides is 2. The smallest absolute Gasteiger partial charge is 0.309 e. The molecule has 8 nitrogen and oxygen atoms in total. The highest BCUT2D eigenvalue weighted by atomic mass is 19.1. The summed E-state index contributed by atoms with van der Waals surface area (Å²) in [5, 5.41) is 7.39. The van der Waals surface area contributed by atoms with Gasteiger partial charge in [-0.3, -0.25) is 14.4 Å². The van der Waals surface area contributed by atoms with Gasteiger partial charge in [0.25, 0.3) is 0 Å². The van der Waals surface area contributed by atoms with Crippen molar-refractivity contribution in [3.05, 3.63) is 66.5 Å². The lowest BCUT2D eigenvalue weighted by molar-refractivity contribution is -0.151. The Morgan fingerprint density at radius 2 is 1.78 bits per heavy atom. The van der Waals surface area contributed by atoms with Crippen LogP contribution in [-0.2, 0) is 19.1 Å². The first-order valence-electron chi connectivity index (χ1n) is 12.1. The van der Waals surface area contributed by atoms with Crippen molar-refractivity contribution in [1.82, 2.24) is 14.7 Å². The Hall–Kier alpha value is -4.01. The lowest BCUT2D eigenvalue weighted by Crippen LogP contribution is -2.40. The van der Waals surface area contributed by atoms with Gasteiger partial charge in [0, 0.05) is 37.6 Å². The van der Waals surface area contributed by atoms with E-state index in [9.17, 15) is 18.8 Å². The second-order valence-corrected chi connectivity index (χ2v) is 8.63. The van der Waals surface area contributed by atoms with Crippen LogP contribution in [0.2, 0.25) is 0 Å². The molecule has 1 fully saturated rings. The molecule has 0 atom stereocenters. The molecule has 2 heterocycles. The highest BCUT2D eigenvalue weighted by Crippen LogP contribution is 2.25. The second kappa shape index (κ2) is 11.6. The van der Waals surface area contributed by atoms with E-state index in [0.29, 0.717) is 49.7 Å². The average molecular weight is 493 g/mol. The number of aromatic nitrogens is 2. The maximum absolute atomic E-state index is 13.9. The quantitative estimate of drug-likeness (QED) is 0.476. The van der Waals surface area contributed by atoms with E-state index in [1.54, 1.807) is 30.0 Å². The molecule has 4 rings (SSSR count). The molecule has 2 amide bonds. The molecule has 0 saturated carbocycles. The van der Waals surface area contributed by atoms with Crippen LogP contribution >= 0.6 is 0 Å². The van der Waals surface area contributed by atoms with Gasteiger partial charge in [-0.15, -0.1) is 0 Å². The number of nitrogens with one attached hydrogen (secondary N) is 1. The number of carbonyl (C=O) groups excluding carboxylic acids is 3. The zero-order valence-electron chi connectivity index (χ0n) is 20.2. The molecule has 1 N–H and O–H groups in total. The second-order valence-electron chi connectivity index (χ2n) is 8.63. The maximum atomic E-state index is 13.9. The molecule has 0 radical (unpaired) electrons. The summed E-state index contributed by atoms with van der Waals surface area (Å²) in [4.78, 5) is 39.0. The molecule has 3 aromatic rings. The molecule has 2 aromatic carbocycles. The van der Waals surface area contributed by atoms with Gasteiger partial charge in [-0.2, -0.15) is 5.10 Å². The van der Waals surface area contributed by atoms with Gasteiger partial charge >= 0.3 is 5.97 Å². The number of anilines is 1. The molecule has 0 spiro atoms. The van der Waals surface area contributed by atoms with Crippen molar-refractivity contribution in [2.45, 2.75) is 32.6 Å². The zero-order chi connectivity index (χ0) is 25.5. The summed E-state index contributed by atoms with van der Waals surface area (Å²) >= 11 is 0. The highest BCUT2D eigenvalue weighted by molar-refractivity contribution is 5.93. The number of piperidine rings is 1. The number of benzene rings is 2. The molecule has 1 aliphatic heterocycles. The molecule has 9 heteroatoms. The average Bonchev–Trinajstić information content (AvgIpc) is 3.31. The molecular weight excluding hydrogens is 463 g/mol. The summed E-state index contributed by atoms with van der Waals surface area (Å²) < 4.78 is 20.4. The Balaban J connectivity index is 1.39. The molecular formula is C27H29FN4O4. The van der Waals surface area contributed by atoms with E-state index in [1.807, 2.05) is 30.3 Å². The molecule has 0 unspecified atom stereocenters. The van der Waals surface area contributed by atoms with Gasteiger partial charge in [-0.05, 0) is 38.0 Å². The third kappa shape index (κ3) is 6.16. The van der Waals surface area contributed by atoms with Gasteiger partial charge < -0.3 is 15.0 Å². The predicted octanol–water partition coefficient (Wildman–Crippen LogP) is 4.20. The minimum atomic E-state index is -0.418. The van der Waals surface area contributed by atoms with Crippen LogP contribution in [0.3, 0.4) is 0 Å². The summed E-state index contributed by atoms with van der Waals surface area (Å²) in [5.74, 6) is -0.906. The van der Waals surface area contributed by atoms with Crippen LogP contribution in [0, 0.1) is 11.7 Å². The minimum Gasteiger partial charge on any atom is -0.466 e. The molecule has 1 aliphatic rings. The number of hydrogen-bond donors (Lipinski definition) is 1. The van der Waals surface area contributed by atoms with Crippen LogP contribution < -0.4 is 5.32 Å². The van der Waals surface area contributed by atoms with Crippen molar-refractivity contribution >= 4 is 23.6 Å². The standard InChI is InChI=1S/C27H29FN4O4/c1-2-36-27(35)20-13-15-31(16-14-20)26(34)12-11-25(33)29-24-18-23(19-7-4-3-5-8-19)30-32(24)22-10-6-9-21(28)17-22/h3-10,17-18,20H,2,11-16H2,1H3,(H,29,33). The molecule has 1 aromatic heterocycles. The highest BCUT2D eigenvalue weighted by Gasteiger charge is 2.28. The number of carbonyl (C=O) groups is 3. The Kier molecular flexibility index (Phi) is 8.10. The topological polar surface area (TPSA) is 93.5 Å². The van der Waals surface area contributed by atoms with Crippen molar-refractivity contribution in [2.75, 3.05) is 25.0 Å². The van der Waals surface area contributed by atoms with Crippen LogP contribution in [0.25, 0.3) is 16.9 Å². The monoisotopic (exact) mass is 492 g/mol. The number of likely N-dealkylation sites (tertiary alicyclic amines) is 1. The lowest BCUT2D eigenvalue weighted by Gasteiger charge is -2.30. The SMILES string of the molecule is CCOC(=O)C1CCN(C(=O)CCC(=O)Nc2cc(-c3ccccc3)nn2-c2cccc(F)c2)CC1. The van der Waals surface area contributed by atoms with Gasteiger partial charge in [0.15, 0.2) is 0 Å². The maximum Gasteiger partial charge on any atom is 0.309 e. The molecule has 0 bridgehead atoms. The van der Waals surface area contributed by atoms with Crippen LogP contribution in [0.15, 0.2) is 60.7 Å². The normalized spacial score (nSPS) is 13.9. The summed E-state index contributed by atoms with van der Waals surface area (Å²) in [6, 6.07) is 17.1. The fourth-order valence-corrected chi connectivity index (χ4v) is 4.23. The Labute approximate surface area is 209 Å². The van der Waals surface area contributed by atoms with E-state index in [4.69, 9.17) is 4.74 Å². The van der Waals surface area contributed by atoms with Gasteiger partial charge in [-0.1, -0.05) is 36.4 Å². The van der Waals surface area contributed by atoms with Gasteiger partial charge in [-0.25, -0.2) is 9.07 Å². The van der Waals surface area contributed by atoms with Crippen molar-refractivity contribution in [1.29, 1.82) is 0 Å². The zero-order valence-corrected chi connectivity index (χ0v) is 20.2. The largest absolute Gasteiger partial charge is 0.466 e. The van der Waals surface area contributed by atoms with E-state index < -0.39 is 5.82 Å². The van der Waals surface area contributed by atoms with Gasteiger partial charge in [0.05, 0.1) is 23.9 Å². The van der Waals surface area contributed by atoms with Crippen molar-refractivity contribution in [2.24, 2.45) is 5.92 Å². The molecule has 36 heavy (non-hydrogen) atoms. The number of hydrogen-bond acceptors (Lipinski definition) is 5. The molecule has 1 saturated heterocycles. The van der Waals surface area contributed by atoms with Crippen molar-refractivity contribution in [3.8, 4) is 16.9 Å². The van der Waals surface area contributed by atoms with Crippen LogP contribution in [-0.4, -0.2) is 52.2 Å². The summed E-state index contributed by atoms with van der Waals surface area (Å²) in [6.45, 7) is 3.06. The fraction of sp³-hybridized carbons (Fsp3) is 0.333.